The monoisotopic (exact) mass is 412 g/mol. The standard InChI is InChI=1S/C21H24N4OS2/c1-3-4-5-8-12-28-21-23-20(26)17-15-9-6-7-10-16(15)22-19(25(17)24-21)18-14(2)11-13-27-18/h6-7,9-11,13,19H,3-5,8,12H2,1-2H3,(H,23,24,26)/t19-/m0/s1. The Morgan fingerprint density at radius 3 is 2.86 bits per heavy atom. The summed E-state index contributed by atoms with van der Waals surface area (Å²) in [5.74, 6) is 0.853. The number of amides is 1. The van der Waals surface area contributed by atoms with E-state index in [1.165, 1.54) is 24.8 Å². The quantitative estimate of drug-likeness (QED) is 0.739. The number of hydrogen-bond acceptors (Lipinski definition) is 6. The third-order valence-corrected chi connectivity index (χ3v) is 6.90. The van der Waals surface area contributed by atoms with E-state index in [0.717, 1.165) is 27.6 Å². The van der Waals surface area contributed by atoms with Crippen LogP contribution in [0, 0.1) is 6.92 Å². The van der Waals surface area contributed by atoms with E-state index in [1.807, 2.05) is 29.3 Å². The average Bonchev–Trinajstić information content (AvgIpc) is 3.12. The Balaban J connectivity index is 1.70. The van der Waals surface area contributed by atoms with Crippen LogP contribution >= 0.6 is 23.1 Å². The van der Waals surface area contributed by atoms with Gasteiger partial charge in [-0.1, -0.05) is 56.1 Å². The first-order chi connectivity index (χ1) is 13.7. The molecule has 2 aromatic rings. The summed E-state index contributed by atoms with van der Waals surface area (Å²) in [6.07, 6.45) is 4.51. The van der Waals surface area contributed by atoms with Crippen molar-refractivity contribution in [3.05, 3.63) is 56.7 Å². The van der Waals surface area contributed by atoms with E-state index in [9.17, 15) is 4.79 Å². The van der Waals surface area contributed by atoms with Crippen molar-refractivity contribution in [2.75, 3.05) is 5.75 Å². The van der Waals surface area contributed by atoms with Gasteiger partial charge in [0.25, 0.3) is 5.91 Å². The molecule has 2 aliphatic rings. The van der Waals surface area contributed by atoms with Crippen molar-refractivity contribution in [3.8, 4) is 0 Å². The number of carbonyl (C=O) groups excluding carboxylic acids is 1. The Labute approximate surface area is 173 Å². The van der Waals surface area contributed by atoms with Gasteiger partial charge in [0, 0.05) is 11.0 Å². The molecule has 0 bridgehead atoms. The molecule has 0 aliphatic carbocycles. The van der Waals surface area contributed by atoms with Gasteiger partial charge in [0.05, 0.1) is 10.2 Å². The molecule has 0 spiro atoms. The molecule has 1 N–H and O–H groups in total. The van der Waals surface area contributed by atoms with Gasteiger partial charge in [-0.25, -0.2) is 5.01 Å². The van der Waals surface area contributed by atoms with Gasteiger partial charge >= 0.3 is 0 Å². The highest BCUT2D eigenvalue weighted by Gasteiger charge is 2.35. The molecule has 1 aromatic carbocycles. The number of rotatable bonds is 6. The van der Waals surface area contributed by atoms with Gasteiger partial charge in [0.15, 0.2) is 11.3 Å². The fourth-order valence-electron chi connectivity index (χ4n) is 3.41. The lowest BCUT2D eigenvalue weighted by Gasteiger charge is -2.33. The number of para-hydroxylation sites is 1. The number of aryl methyl sites for hydroxylation is 1. The Hall–Kier alpha value is -2.12. The molecule has 3 heterocycles. The Kier molecular flexibility index (Phi) is 5.82. The molecule has 0 saturated carbocycles. The van der Waals surface area contributed by atoms with Crippen LogP contribution in [-0.2, 0) is 4.79 Å². The van der Waals surface area contributed by atoms with Gasteiger partial charge in [-0.05, 0) is 36.4 Å². The number of unbranched alkanes of at least 4 members (excludes halogenated alkanes) is 3. The predicted octanol–water partition coefficient (Wildman–Crippen LogP) is 3.51. The lowest BCUT2D eigenvalue weighted by molar-refractivity contribution is -0.116. The highest BCUT2D eigenvalue weighted by Crippen LogP contribution is 2.35. The molecule has 4 rings (SSSR count). The molecule has 146 valence electrons. The summed E-state index contributed by atoms with van der Waals surface area (Å²) in [5, 5.41) is 14.0. The van der Waals surface area contributed by atoms with Crippen molar-refractivity contribution in [3.63, 3.8) is 0 Å². The molecular weight excluding hydrogens is 388 g/mol. The summed E-state index contributed by atoms with van der Waals surface area (Å²) in [7, 11) is 0. The molecule has 5 nitrogen and oxygen atoms in total. The average molecular weight is 413 g/mol. The summed E-state index contributed by atoms with van der Waals surface area (Å²) in [5.41, 5.74) is 1.76. The van der Waals surface area contributed by atoms with Gasteiger partial charge in [0.1, 0.15) is 5.70 Å². The third-order valence-electron chi connectivity index (χ3n) is 4.89. The number of benzene rings is 1. The molecule has 28 heavy (non-hydrogen) atoms. The Bertz CT molecular complexity index is 1030. The maximum absolute atomic E-state index is 13.0. The lowest BCUT2D eigenvalue weighted by atomic mass is 10.1. The highest BCUT2D eigenvalue weighted by molar-refractivity contribution is 8.13. The molecule has 0 fully saturated rings. The number of thioether (sulfide) groups is 1. The number of carbonyl (C=O) groups is 1. The van der Waals surface area contributed by atoms with Crippen LogP contribution < -0.4 is 15.9 Å². The van der Waals surface area contributed by atoms with E-state index in [2.05, 4.69) is 30.6 Å². The zero-order valence-electron chi connectivity index (χ0n) is 16.1. The van der Waals surface area contributed by atoms with Crippen molar-refractivity contribution in [2.45, 2.75) is 45.7 Å². The van der Waals surface area contributed by atoms with Gasteiger partial charge in [-0.2, -0.15) is 0 Å². The Morgan fingerprint density at radius 1 is 1.21 bits per heavy atom. The van der Waals surface area contributed by atoms with Crippen LogP contribution in [0.2, 0.25) is 0 Å². The zero-order chi connectivity index (χ0) is 19.5. The Morgan fingerprint density at radius 2 is 2.07 bits per heavy atom. The van der Waals surface area contributed by atoms with Crippen LogP contribution in [0.4, 0.5) is 0 Å². The van der Waals surface area contributed by atoms with Crippen LogP contribution in [0.5, 0.6) is 0 Å². The molecule has 7 heteroatoms. The minimum absolute atomic E-state index is 0.104. The minimum Gasteiger partial charge on any atom is -0.298 e. The third kappa shape index (κ3) is 3.73. The van der Waals surface area contributed by atoms with E-state index in [4.69, 9.17) is 10.1 Å². The van der Waals surface area contributed by atoms with Crippen molar-refractivity contribution < 1.29 is 4.79 Å². The van der Waals surface area contributed by atoms with Crippen molar-refractivity contribution >= 4 is 39.9 Å². The summed E-state index contributed by atoms with van der Waals surface area (Å²) in [6.45, 7) is 4.29. The molecule has 0 unspecified atom stereocenters. The lowest BCUT2D eigenvalue weighted by Crippen LogP contribution is -2.50. The van der Waals surface area contributed by atoms with Crippen LogP contribution in [0.25, 0.3) is 5.70 Å². The summed E-state index contributed by atoms with van der Waals surface area (Å²) in [6, 6.07) is 9.89. The van der Waals surface area contributed by atoms with Gasteiger partial charge in [-0.3, -0.25) is 15.1 Å². The first kappa shape index (κ1) is 19.2. The second kappa shape index (κ2) is 8.49. The van der Waals surface area contributed by atoms with Gasteiger partial charge in [-0.15, -0.1) is 16.4 Å². The smallest absolute Gasteiger partial charge is 0.276 e. The van der Waals surface area contributed by atoms with E-state index in [-0.39, 0.29) is 12.1 Å². The largest absolute Gasteiger partial charge is 0.298 e. The minimum atomic E-state index is -0.299. The molecule has 1 atom stereocenters. The fraction of sp³-hybridized carbons (Fsp3) is 0.381. The second-order valence-corrected chi connectivity index (χ2v) is 8.98. The summed E-state index contributed by atoms with van der Waals surface area (Å²) >= 11 is 3.28. The molecule has 1 amide bonds. The molecule has 0 radical (unpaired) electrons. The fourth-order valence-corrected chi connectivity index (χ4v) is 5.21. The van der Waals surface area contributed by atoms with Crippen LogP contribution in [0.15, 0.2) is 45.8 Å². The SMILES string of the molecule is CCCCCCSC1=NN2C(=c3ccccc3=N[C@@H]2c2sccc2C)C(=O)N1. The number of nitrogens with one attached hydrogen (secondary N) is 1. The zero-order valence-corrected chi connectivity index (χ0v) is 17.8. The van der Waals surface area contributed by atoms with Gasteiger partial charge in [0.2, 0.25) is 0 Å². The maximum Gasteiger partial charge on any atom is 0.276 e. The maximum atomic E-state index is 13.0. The highest BCUT2D eigenvalue weighted by atomic mass is 32.2. The predicted molar refractivity (Wildman–Crippen MR) is 116 cm³/mol. The topological polar surface area (TPSA) is 57.1 Å². The van der Waals surface area contributed by atoms with E-state index < -0.39 is 0 Å². The van der Waals surface area contributed by atoms with Crippen LogP contribution in [-0.4, -0.2) is 21.8 Å². The summed E-state index contributed by atoms with van der Waals surface area (Å²) in [4.78, 5) is 19.1. The van der Waals surface area contributed by atoms with E-state index >= 15 is 0 Å². The number of amidine groups is 1. The molecular formula is C21H24N4OS2. The summed E-state index contributed by atoms with van der Waals surface area (Å²) < 4.78 is 0. The first-order valence-corrected chi connectivity index (χ1v) is 11.6. The normalized spacial score (nSPS) is 18.1. The number of thiophene rings is 1. The van der Waals surface area contributed by atoms with Gasteiger partial charge < -0.3 is 0 Å². The van der Waals surface area contributed by atoms with Crippen LogP contribution in [0.3, 0.4) is 0 Å². The number of hydrazone groups is 1. The van der Waals surface area contributed by atoms with Crippen molar-refractivity contribution in [1.82, 2.24) is 10.3 Å². The molecule has 2 aliphatic heterocycles. The number of hydrogen-bond donors (Lipinski definition) is 1. The molecule has 0 saturated heterocycles. The first-order valence-electron chi connectivity index (χ1n) is 9.72. The van der Waals surface area contributed by atoms with Crippen molar-refractivity contribution in [1.29, 1.82) is 0 Å². The van der Waals surface area contributed by atoms with E-state index in [0.29, 0.717) is 10.9 Å². The number of fused-ring (bicyclic) bond motifs is 2. The number of nitrogens with zero attached hydrogens (tertiary/aromatic N) is 3. The van der Waals surface area contributed by atoms with E-state index in [1.54, 1.807) is 23.1 Å². The van der Waals surface area contributed by atoms with Crippen molar-refractivity contribution in [2.24, 2.45) is 10.1 Å². The molecule has 1 aromatic heterocycles. The van der Waals surface area contributed by atoms with Crippen LogP contribution in [0.1, 0.15) is 49.2 Å². The second-order valence-electron chi connectivity index (χ2n) is 6.95.